The van der Waals surface area contributed by atoms with Crippen molar-refractivity contribution in [3.8, 4) is 0 Å². The van der Waals surface area contributed by atoms with Crippen LogP contribution >= 0.6 is 0 Å². The van der Waals surface area contributed by atoms with Gasteiger partial charge in [0, 0.05) is 13.1 Å². The summed E-state index contributed by atoms with van der Waals surface area (Å²) in [5.41, 5.74) is 2.05. The molecule has 0 radical (unpaired) electrons. The summed E-state index contributed by atoms with van der Waals surface area (Å²) in [5, 5.41) is 0. The molecule has 4 heteroatoms. The first kappa shape index (κ1) is 14.8. The van der Waals surface area contributed by atoms with Gasteiger partial charge in [0.05, 0.1) is 5.69 Å². The highest BCUT2D eigenvalue weighted by molar-refractivity contribution is 5.92. The van der Waals surface area contributed by atoms with E-state index in [9.17, 15) is 4.79 Å². The van der Waals surface area contributed by atoms with Crippen molar-refractivity contribution in [1.82, 2.24) is 9.88 Å². The Morgan fingerprint density at radius 1 is 1.36 bits per heavy atom. The fourth-order valence-electron chi connectivity index (χ4n) is 3.15. The smallest absolute Gasteiger partial charge is 0.291 e. The zero-order valence-electron chi connectivity index (χ0n) is 13.0. The standard InChI is InChI=1S/C18H22N2O2/c1-14-17(22-13-19-14)18(21)20-11-5-8-16(12-20)10-9-15-6-3-2-4-7-15/h2-4,6-7,13,16H,5,8-12H2,1H3/t16-/m1/s1. The summed E-state index contributed by atoms with van der Waals surface area (Å²) in [5.74, 6) is 0.948. The number of aryl methyl sites for hydroxylation is 2. The minimum Gasteiger partial charge on any atom is -0.438 e. The van der Waals surface area contributed by atoms with Crippen LogP contribution < -0.4 is 0 Å². The Kier molecular flexibility index (Phi) is 4.56. The summed E-state index contributed by atoms with van der Waals surface area (Å²) >= 11 is 0. The lowest BCUT2D eigenvalue weighted by Gasteiger charge is -2.32. The second-order valence-electron chi connectivity index (χ2n) is 6.05. The van der Waals surface area contributed by atoms with E-state index in [0.29, 0.717) is 17.4 Å². The van der Waals surface area contributed by atoms with Crippen molar-refractivity contribution in [2.75, 3.05) is 13.1 Å². The van der Waals surface area contributed by atoms with Crippen LogP contribution in [0.25, 0.3) is 0 Å². The molecule has 3 rings (SSSR count). The maximum absolute atomic E-state index is 12.5. The van der Waals surface area contributed by atoms with Crippen LogP contribution in [0.15, 0.2) is 41.1 Å². The zero-order chi connectivity index (χ0) is 15.4. The quantitative estimate of drug-likeness (QED) is 0.868. The molecule has 1 aromatic heterocycles. The average Bonchev–Trinajstić information content (AvgIpc) is 2.99. The van der Waals surface area contributed by atoms with Crippen LogP contribution in [0.3, 0.4) is 0 Å². The maximum atomic E-state index is 12.5. The van der Waals surface area contributed by atoms with Gasteiger partial charge in [0.25, 0.3) is 5.91 Å². The molecule has 0 N–H and O–H groups in total. The van der Waals surface area contributed by atoms with Gasteiger partial charge in [-0.25, -0.2) is 4.98 Å². The SMILES string of the molecule is Cc1ncoc1C(=O)N1CCC[C@H](CCc2ccccc2)C1. The predicted octanol–water partition coefficient (Wildman–Crippen LogP) is 3.47. The number of rotatable bonds is 4. The number of carbonyl (C=O) groups is 1. The minimum atomic E-state index is -0.0144. The highest BCUT2D eigenvalue weighted by Gasteiger charge is 2.27. The van der Waals surface area contributed by atoms with Gasteiger partial charge < -0.3 is 9.32 Å². The number of carbonyl (C=O) groups excluding carboxylic acids is 1. The molecule has 1 saturated heterocycles. The van der Waals surface area contributed by atoms with Crippen molar-refractivity contribution < 1.29 is 9.21 Å². The molecule has 0 saturated carbocycles. The largest absolute Gasteiger partial charge is 0.438 e. The number of amides is 1. The van der Waals surface area contributed by atoms with Gasteiger partial charge in [0.2, 0.25) is 5.76 Å². The molecule has 1 fully saturated rings. The van der Waals surface area contributed by atoms with E-state index in [2.05, 4.69) is 29.2 Å². The van der Waals surface area contributed by atoms with Crippen molar-refractivity contribution in [2.24, 2.45) is 5.92 Å². The van der Waals surface area contributed by atoms with Gasteiger partial charge >= 0.3 is 0 Å². The number of benzene rings is 1. The lowest BCUT2D eigenvalue weighted by Crippen LogP contribution is -2.40. The van der Waals surface area contributed by atoms with Gasteiger partial charge in [-0.3, -0.25) is 4.79 Å². The number of likely N-dealkylation sites (tertiary alicyclic amines) is 1. The molecule has 0 aliphatic carbocycles. The second-order valence-corrected chi connectivity index (χ2v) is 6.05. The first-order chi connectivity index (χ1) is 10.7. The zero-order valence-corrected chi connectivity index (χ0v) is 13.0. The van der Waals surface area contributed by atoms with Gasteiger partial charge in [-0.2, -0.15) is 0 Å². The van der Waals surface area contributed by atoms with Gasteiger partial charge in [-0.05, 0) is 44.1 Å². The fourth-order valence-corrected chi connectivity index (χ4v) is 3.15. The van der Waals surface area contributed by atoms with Crippen LogP contribution in [0.5, 0.6) is 0 Å². The van der Waals surface area contributed by atoms with Crippen LogP contribution in [-0.4, -0.2) is 28.9 Å². The summed E-state index contributed by atoms with van der Waals surface area (Å²) in [6.07, 6.45) is 5.82. The molecule has 116 valence electrons. The van der Waals surface area contributed by atoms with Crippen molar-refractivity contribution in [3.05, 3.63) is 53.7 Å². The highest BCUT2D eigenvalue weighted by Crippen LogP contribution is 2.23. The molecule has 0 spiro atoms. The molecule has 1 aliphatic heterocycles. The van der Waals surface area contributed by atoms with E-state index >= 15 is 0 Å². The Morgan fingerprint density at radius 3 is 2.91 bits per heavy atom. The molecule has 1 aromatic carbocycles. The monoisotopic (exact) mass is 298 g/mol. The molecule has 2 aromatic rings. The van der Waals surface area contributed by atoms with Crippen LogP contribution in [0.4, 0.5) is 0 Å². The number of aromatic nitrogens is 1. The molecule has 1 aliphatic rings. The Labute approximate surface area is 131 Å². The van der Waals surface area contributed by atoms with Crippen LogP contribution in [0.2, 0.25) is 0 Å². The van der Waals surface area contributed by atoms with Crippen LogP contribution in [0, 0.1) is 12.8 Å². The molecule has 4 nitrogen and oxygen atoms in total. The van der Waals surface area contributed by atoms with Crippen molar-refractivity contribution >= 4 is 5.91 Å². The molecular formula is C18H22N2O2. The van der Waals surface area contributed by atoms with E-state index in [4.69, 9.17) is 4.42 Å². The van der Waals surface area contributed by atoms with Crippen LogP contribution in [-0.2, 0) is 6.42 Å². The summed E-state index contributed by atoms with van der Waals surface area (Å²) in [7, 11) is 0. The predicted molar refractivity (Wildman–Crippen MR) is 84.6 cm³/mol. The van der Waals surface area contributed by atoms with E-state index in [1.807, 2.05) is 17.9 Å². The van der Waals surface area contributed by atoms with E-state index in [-0.39, 0.29) is 5.91 Å². The summed E-state index contributed by atoms with van der Waals surface area (Å²) < 4.78 is 5.24. The number of hydrogen-bond acceptors (Lipinski definition) is 3. The van der Waals surface area contributed by atoms with Gasteiger partial charge in [-0.15, -0.1) is 0 Å². The lowest BCUT2D eigenvalue weighted by molar-refractivity contribution is 0.0635. The van der Waals surface area contributed by atoms with Crippen LogP contribution in [0.1, 0.15) is 41.1 Å². The first-order valence-electron chi connectivity index (χ1n) is 7.97. The highest BCUT2D eigenvalue weighted by atomic mass is 16.3. The van der Waals surface area contributed by atoms with Crippen molar-refractivity contribution in [1.29, 1.82) is 0 Å². The average molecular weight is 298 g/mol. The molecule has 0 bridgehead atoms. The third kappa shape index (κ3) is 3.38. The van der Waals surface area contributed by atoms with Gasteiger partial charge in [-0.1, -0.05) is 30.3 Å². The summed E-state index contributed by atoms with van der Waals surface area (Å²) in [6.45, 7) is 3.46. The summed E-state index contributed by atoms with van der Waals surface area (Å²) in [6, 6.07) is 10.6. The van der Waals surface area contributed by atoms with E-state index in [0.717, 1.165) is 32.4 Å². The Bertz CT molecular complexity index is 621. The second kappa shape index (κ2) is 6.77. The molecule has 1 atom stereocenters. The third-order valence-electron chi connectivity index (χ3n) is 4.43. The van der Waals surface area contributed by atoms with Gasteiger partial charge in [0.1, 0.15) is 0 Å². The molecule has 22 heavy (non-hydrogen) atoms. The molecule has 2 heterocycles. The first-order valence-corrected chi connectivity index (χ1v) is 7.97. The topological polar surface area (TPSA) is 46.3 Å². The normalized spacial score (nSPS) is 18.4. The molecule has 0 unspecified atom stereocenters. The Hall–Kier alpha value is -2.10. The number of nitrogens with zero attached hydrogens (tertiary/aromatic N) is 2. The number of piperidine rings is 1. The van der Waals surface area contributed by atoms with Crippen molar-refractivity contribution in [2.45, 2.75) is 32.6 Å². The fraction of sp³-hybridized carbons (Fsp3) is 0.444. The lowest BCUT2D eigenvalue weighted by atomic mass is 9.91. The Balaban J connectivity index is 1.57. The third-order valence-corrected chi connectivity index (χ3v) is 4.43. The number of oxazole rings is 1. The van der Waals surface area contributed by atoms with E-state index in [1.54, 1.807) is 0 Å². The molecule has 1 amide bonds. The van der Waals surface area contributed by atoms with E-state index in [1.165, 1.54) is 18.4 Å². The minimum absolute atomic E-state index is 0.0144. The summed E-state index contributed by atoms with van der Waals surface area (Å²) in [4.78, 5) is 18.4. The Morgan fingerprint density at radius 2 is 2.18 bits per heavy atom. The number of hydrogen-bond donors (Lipinski definition) is 0. The van der Waals surface area contributed by atoms with Crippen molar-refractivity contribution in [3.63, 3.8) is 0 Å². The van der Waals surface area contributed by atoms with E-state index < -0.39 is 0 Å². The maximum Gasteiger partial charge on any atom is 0.291 e. The molecular weight excluding hydrogens is 276 g/mol. The van der Waals surface area contributed by atoms with Gasteiger partial charge in [0.15, 0.2) is 6.39 Å².